The largest absolute Gasteiger partial charge is 0.481 e. The summed E-state index contributed by atoms with van der Waals surface area (Å²) in [5.74, 6) is 0.179. The van der Waals surface area contributed by atoms with Crippen LogP contribution in [0.25, 0.3) is 11.3 Å². The quantitative estimate of drug-likeness (QED) is 0.123. The molecule has 52 heavy (non-hydrogen) atoms. The second-order valence-corrected chi connectivity index (χ2v) is 14.4. The molecule has 4 N–H and O–H groups in total. The van der Waals surface area contributed by atoms with Gasteiger partial charge in [-0.25, -0.2) is 14.6 Å². The Bertz CT molecular complexity index is 1780. The second-order valence-electron chi connectivity index (χ2n) is 14.4. The highest BCUT2D eigenvalue weighted by Crippen LogP contribution is 2.29. The maximum Gasteiger partial charge on any atom is 0.404 e. The van der Waals surface area contributed by atoms with Crippen LogP contribution >= 0.6 is 0 Å². The van der Waals surface area contributed by atoms with Crippen LogP contribution in [0.4, 0.5) is 9.59 Å². The van der Waals surface area contributed by atoms with Crippen molar-refractivity contribution in [2.75, 3.05) is 20.2 Å². The van der Waals surface area contributed by atoms with E-state index in [1.165, 1.54) is 0 Å². The van der Waals surface area contributed by atoms with Crippen LogP contribution < -0.4 is 15.4 Å². The lowest BCUT2D eigenvalue weighted by Crippen LogP contribution is -2.57. The third-order valence-electron chi connectivity index (χ3n) is 9.33. The Labute approximate surface area is 305 Å². The number of carbonyl (C=O) groups is 3. The minimum absolute atomic E-state index is 0.0718. The molecule has 0 saturated carbocycles. The van der Waals surface area contributed by atoms with Gasteiger partial charge in [-0.05, 0) is 47.4 Å². The van der Waals surface area contributed by atoms with Gasteiger partial charge in [-0.15, -0.1) is 0 Å². The molecule has 4 atom stereocenters. The number of nitrogens with zero attached hydrogens (tertiary/aromatic N) is 3. The SMILES string of the molecule is COc1cccc(-c2ccc(C[C@H](NC(=O)O)[C@H](O)C[C@H](Cc3ccccc3)NC(=O)[C@@H](N3CCN(Cc4ccccc4)C3=O)C(C)(C)C)cc2)n1. The average molecular weight is 708 g/mol. The van der Waals surface area contributed by atoms with Crippen molar-refractivity contribution in [2.24, 2.45) is 5.41 Å². The molecular weight excluding hydrogens is 658 g/mol. The summed E-state index contributed by atoms with van der Waals surface area (Å²) in [4.78, 5) is 47.8. The van der Waals surface area contributed by atoms with Gasteiger partial charge in [0, 0.05) is 37.3 Å². The number of carboxylic acid groups (broad SMARTS) is 1. The number of urea groups is 1. The summed E-state index contributed by atoms with van der Waals surface area (Å²) in [6, 6.07) is 30.0. The van der Waals surface area contributed by atoms with Crippen LogP contribution in [0.5, 0.6) is 5.88 Å². The van der Waals surface area contributed by atoms with Gasteiger partial charge in [-0.3, -0.25) is 4.79 Å². The highest BCUT2D eigenvalue weighted by atomic mass is 16.5. The summed E-state index contributed by atoms with van der Waals surface area (Å²) in [5, 5.41) is 27.0. The summed E-state index contributed by atoms with van der Waals surface area (Å²) < 4.78 is 5.24. The third-order valence-corrected chi connectivity index (χ3v) is 9.33. The molecule has 0 unspecified atom stereocenters. The second kappa shape index (κ2) is 17.2. The van der Waals surface area contributed by atoms with Crippen LogP contribution in [-0.4, -0.2) is 87.5 Å². The van der Waals surface area contributed by atoms with Gasteiger partial charge in [0.2, 0.25) is 11.8 Å². The number of aromatic nitrogens is 1. The number of pyridine rings is 1. The molecule has 1 aliphatic rings. The van der Waals surface area contributed by atoms with Crippen LogP contribution in [0.3, 0.4) is 0 Å². The number of amides is 4. The zero-order valence-corrected chi connectivity index (χ0v) is 30.2. The maximum atomic E-state index is 14.3. The van der Waals surface area contributed by atoms with E-state index in [0.29, 0.717) is 31.9 Å². The number of aliphatic hydroxyl groups is 1. The number of aliphatic hydroxyl groups excluding tert-OH is 1. The smallest absolute Gasteiger partial charge is 0.404 e. The Balaban J connectivity index is 1.33. The van der Waals surface area contributed by atoms with Crippen molar-refractivity contribution in [1.29, 1.82) is 0 Å². The number of ether oxygens (including phenoxy) is 1. The molecule has 4 amide bonds. The molecule has 1 fully saturated rings. The summed E-state index contributed by atoms with van der Waals surface area (Å²) in [6.07, 6.45) is -1.72. The van der Waals surface area contributed by atoms with Gasteiger partial charge >= 0.3 is 12.1 Å². The Morgan fingerprint density at radius 1 is 0.827 bits per heavy atom. The van der Waals surface area contributed by atoms with Crippen LogP contribution in [0.2, 0.25) is 0 Å². The normalized spacial score (nSPS) is 15.4. The Morgan fingerprint density at radius 2 is 1.46 bits per heavy atom. The van der Waals surface area contributed by atoms with Crippen LogP contribution in [0, 0.1) is 5.41 Å². The van der Waals surface area contributed by atoms with E-state index in [4.69, 9.17) is 4.74 Å². The fourth-order valence-electron chi connectivity index (χ4n) is 6.82. The number of hydrogen-bond acceptors (Lipinski definition) is 6. The maximum absolute atomic E-state index is 14.3. The Morgan fingerprint density at radius 3 is 2.08 bits per heavy atom. The Kier molecular flexibility index (Phi) is 12.5. The molecule has 0 spiro atoms. The number of benzene rings is 3. The molecule has 1 saturated heterocycles. The predicted molar refractivity (Wildman–Crippen MR) is 200 cm³/mol. The summed E-state index contributed by atoms with van der Waals surface area (Å²) in [6.45, 7) is 7.18. The topological polar surface area (TPSA) is 144 Å². The van der Waals surface area contributed by atoms with Crippen molar-refractivity contribution in [2.45, 2.75) is 70.8 Å². The van der Waals surface area contributed by atoms with E-state index in [1.54, 1.807) is 23.0 Å². The first-order valence-electron chi connectivity index (χ1n) is 17.6. The number of carbonyl (C=O) groups excluding carboxylic acids is 2. The minimum Gasteiger partial charge on any atom is -0.481 e. The monoisotopic (exact) mass is 707 g/mol. The van der Waals surface area contributed by atoms with Crippen molar-refractivity contribution in [3.05, 3.63) is 120 Å². The fraction of sp³-hybridized carbons (Fsp3) is 0.366. The Hall–Kier alpha value is -5.42. The van der Waals surface area contributed by atoms with Crippen molar-refractivity contribution in [3.63, 3.8) is 0 Å². The van der Waals surface area contributed by atoms with Crippen molar-refractivity contribution >= 4 is 18.0 Å². The van der Waals surface area contributed by atoms with Crippen molar-refractivity contribution in [1.82, 2.24) is 25.4 Å². The molecule has 0 radical (unpaired) electrons. The van der Waals surface area contributed by atoms with Crippen LogP contribution in [0.1, 0.15) is 43.9 Å². The van der Waals surface area contributed by atoms with Gasteiger partial charge in [0.1, 0.15) is 6.04 Å². The van der Waals surface area contributed by atoms with Gasteiger partial charge in [0.05, 0.1) is 24.9 Å². The fourth-order valence-corrected chi connectivity index (χ4v) is 6.82. The zero-order valence-electron chi connectivity index (χ0n) is 30.2. The molecule has 274 valence electrons. The number of methoxy groups -OCH3 is 1. The number of nitrogens with one attached hydrogen (secondary N) is 2. The van der Waals surface area contributed by atoms with Gasteiger partial charge in [-0.1, -0.05) is 112 Å². The van der Waals surface area contributed by atoms with E-state index in [9.17, 15) is 24.6 Å². The van der Waals surface area contributed by atoms with E-state index >= 15 is 0 Å². The van der Waals surface area contributed by atoms with Crippen molar-refractivity contribution < 1.29 is 29.3 Å². The van der Waals surface area contributed by atoms with Crippen LogP contribution in [0.15, 0.2) is 103 Å². The summed E-state index contributed by atoms with van der Waals surface area (Å²) in [5.41, 5.74) is 3.78. The molecule has 11 nitrogen and oxygen atoms in total. The van der Waals surface area contributed by atoms with E-state index in [0.717, 1.165) is 27.9 Å². The molecular formula is C41H49N5O6. The molecule has 11 heteroatoms. The summed E-state index contributed by atoms with van der Waals surface area (Å²) >= 11 is 0. The first-order valence-corrected chi connectivity index (χ1v) is 17.6. The van der Waals surface area contributed by atoms with Crippen molar-refractivity contribution in [3.8, 4) is 17.1 Å². The van der Waals surface area contributed by atoms with Gasteiger partial charge in [0.15, 0.2) is 0 Å². The predicted octanol–water partition coefficient (Wildman–Crippen LogP) is 5.77. The van der Waals surface area contributed by atoms with E-state index < -0.39 is 35.7 Å². The lowest BCUT2D eigenvalue weighted by Gasteiger charge is -2.38. The lowest BCUT2D eigenvalue weighted by molar-refractivity contribution is -0.129. The first kappa shape index (κ1) is 37.8. The molecule has 5 rings (SSSR count). The number of hydrogen-bond donors (Lipinski definition) is 4. The molecule has 0 aliphatic carbocycles. The van der Waals surface area contributed by atoms with Crippen LogP contribution in [-0.2, 0) is 24.2 Å². The standard InChI is InChI=1S/C41H49N5O6/c1-41(2,3)37(46-23-22-45(40(46)51)27-30-14-9-6-10-15-30)38(48)42-32(24-28-12-7-5-8-13-28)26-35(47)34(44-39(49)50)25-29-18-20-31(21-19-29)33-16-11-17-36(43-33)52-4/h5-21,32,34-35,37,44,47H,22-27H2,1-4H3,(H,42,48)(H,49,50)/t32-,34-,35+,37+/m0/s1. The van der Waals surface area contributed by atoms with E-state index in [2.05, 4.69) is 15.6 Å². The number of rotatable bonds is 15. The molecule has 3 aromatic carbocycles. The van der Waals surface area contributed by atoms with Gasteiger partial charge in [0.25, 0.3) is 0 Å². The zero-order chi connectivity index (χ0) is 37.3. The third kappa shape index (κ3) is 10.1. The van der Waals surface area contributed by atoms with Gasteiger partial charge in [-0.2, -0.15) is 0 Å². The molecule has 1 aliphatic heterocycles. The molecule has 4 aromatic rings. The van der Waals surface area contributed by atoms with Gasteiger partial charge < -0.3 is 35.4 Å². The van der Waals surface area contributed by atoms with E-state index in [1.807, 2.05) is 118 Å². The average Bonchev–Trinajstić information content (AvgIpc) is 3.46. The lowest BCUT2D eigenvalue weighted by atomic mass is 9.84. The van der Waals surface area contributed by atoms with E-state index in [-0.39, 0.29) is 24.8 Å². The first-order chi connectivity index (χ1) is 24.9. The highest BCUT2D eigenvalue weighted by molar-refractivity contribution is 5.89. The molecule has 1 aromatic heterocycles. The summed E-state index contributed by atoms with van der Waals surface area (Å²) in [7, 11) is 1.56. The highest BCUT2D eigenvalue weighted by Gasteiger charge is 2.44. The molecule has 2 heterocycles. The molecule has 0 bridgehead atoms. The minimum atomic E-state index is -1.26.